The normalized spacial score (nSPS) is 14.0. The molecule has 2 rings (SSSR count). The van der Waals surface area contributed by atoms with E-state index < -0.39 is 30.4 Å². The number of carboxylic acid groups (broad SMARTS) is 1. The third-order valence-corrected chi connectivity index (χ3v) is 6.11. The maximum Gasteiger partial charge on any atom is 0.305 e. The predicted octanol–water partition coefficient (Wildman–Crippen LogP) is 6.47. The molecular formula is C35H47FN2O5. The molecule has 2 aromatic carbocycles. The average molecular weight is 595 g/mol. The number of aliphatic carboxylic acids is 1. The molecule has 1 amide bonds. The molecule has 0 radical (unpaired) electrons. The number of aliphatic hydroxyl groups excluding tert-OH is 2. The summed E-state index contributed by atoms with van der Waals surface area (Å²) in [6.07, 6.45) is 4.84. The van der Waals surface area contributed by atoms with Gasteiger partial charge in [0, 0.05) is 23.4 Å². The van der Waals surface area contributed by atoms with Gasteiger partial charge < -0.3 is 26.0 Å². The summed E-state index contributed by atoms with van der Waals surface area (Å²) in [4.78, 5) is 24.7. The Labute approximate surface area is 255 Å². The second-order valence-electron chi connectivity index (χ2n) is 10.0. The summed E-state index contributed by atoms with van der Waals surface area (Å²) >= 11 is 0. The van der Waals surface area contributed by atoms with Gasteiger partial charge in [0.05, 0.1) is 24.3 Å². The van der Waals surface area contributed by atoms with Crippen LogP contribution in [0, 0.1) is 11.7 Å². The summed E-state index contributed by atoms with van der Waals surface area (Å²) in [5.74, 6) is -1.86. The van der Waals surface area contributed by atoms with Crippen LogP contribution in [0.2, 0.25) is 0 Å². The Morgan fingerprint density at radius 1 is 0.930 bits per heavy atom. The molecule has 2 aromatic rings. The molecule has 43 heavy (non-hydrogen) atoms. The topological polar surface area (TPSA) is 119 Å². The van der Waals surface area contributed by atoms with Gasteiger partial charge in [0.25, 0.3) is 5.91 Å². The Balaban J connectivity index is 0.00000452. The standard InChI is InChI=1S/C33H41FN2O5.C2H6/c1-5-10-26(6-2)36-33(41)29(19-22(3)4)31(23-11-8-7-9-12-23)32(24-13-15-25(34)16-14-24)35-18-17-27(37)20-28(38)21-30(39)40;1-2/h5-16,19,22,27-28,35,37-38H,17-18,20-21H2,1-4H3,(H,36,41)(H,39,40);1-2H3/b10-5-,26-6+,29-19-,32-31-;/t27-,28-;/m1./s1. The quantitative estimate of drug-likeness (QED) is 0.0917. The van der Waals surface area contributed by atoms with Crippen molar-refractivity contribution in [2.24, 2.45) is 5.92 Å². The monoisotopic (exact) mass is 594 g/mol. The van der Waals surface area contributed by atoms with E-state index in [2.05, 4.69) is 10.6 Å². The zero-order chi connectivity index (χ0) is 32.4. The van der Waals surface area contributed by atoms with E-state index in [1.54, 1.807) is 24.3 Å². The summed E-state index contributed by atoms with van der Waals surface area (Å²) in [5, 5.41) is 35.6. The van der Waals surface area contributed by atoms with Crippen LogP contribution in [0.15, 0.2) is 90.2 Å². The van der Waals surface area contributed by atoms with Gasteiger partial charge in [-0.3, -0.25) is 9.59 Å². The Kier molecular flexibility index (Phi) is 17.2. The Bertz CT molecular complexity index is 1260. The number of halogens is 1. The van der Waals surface area contributed by atoms with Crippen molar-refractivity contribution in [1.29, 1.82) is 0 Å². The molecule has 234 valence electrons. The number of rotatable bonds is 15. The number of hydrogen-bond acceptors (Lipinski definition) is 5. The van der Waals surface area contributed by atoms with Crippen LogP contribution in [0.3, 0.4) is 0 Å². The largest absolute Gasteiger partial charge is 0.481 e. The molecule has 2 atom stereocenters. The van der Waals surface area contributed by atoms with Crippen LogP contribution < -0.4 is 10.6 Å². The maximum atomic E-state index is 13.9. The van der Waals surface area contributed by atoms with E-state index in [-0.39, 0.29) is 31.2 Å². The fourth-order valence-electron chi connectivity index (χ4n) is 4.27. The van der Waals surface area contributed by atoms with Gasteiger partial charge in [0.2, 0.25) is 0 Å². The van der Waals surface area contributed by atoms with E-state index >= 15 is 0 Å². The van der Waals surface area contributed by atoms with Crippen molar-refractivity contribution < 1.29 is 29.3 Å². The third-order valence-electron chi connectivity index (χ3n) is 6.11. The number of amides is 1. The molecule has 0 heterocycles. The van der Waals surface area contributed by atoms with Crippen molar-refractivity contribution in [3.8, 4) is 0 Å². The van der Waals surface area contributed by atoms with Crippen molar-refractivity contribution in [1.82, 2.24) is 10.6 Å². The molecule has 0 saturated carbocycles. The van der Waals surface area contributed by atoms with E-state index in [0.717, 1.165) is 5.56 Å². The highest BCUT2D eigenvalue weighted by Gasteiger charge is 2.23. The van der Waals surface area contributed by atoms with Crippen LogP contribution in [-0.2, 0) is 9.59 Å². The SMILES string of the molecule is C/C=C\C(=C/C)NC(=O)C(=C\C(C)C)/C(=C(\NCC[C@@H](O)C[C@@H](O)CC(=O)O)c1ccc(F)cc1)c1ccccc1.CC. The van der Waals surface area contributed by atoms with Gasteiger partial charge in [0.1, 0.15) is 5.82 Å². The van der Waals surface area contributed by atoms with Crippen molar-refractivity contribution in [3.05, 3.63) is 107 Å². The summed E-state index contributed by atoms with van der Waals surface area (Å²) < 4.78 is 13.9. The molecule has 0 aromatic heterocycles. The van der Waals surface area contributed by atoms with E-state index in [0.29, 0.717) is 28.1 Å². The van der Waals surface area contributed by atoms with Crippen molar-refractivity contribution in [2.45, 2.75) is 73.0 Å². The van der Waals surface area contributed by atoms with E-state index in [1.165, 1.54) is 12.1 Å². The molecule has 0 aliphatic carbocycles. The number of carboxylic acids is 1. The number of aliphatic hydroxyl groups is 2. The van der Waals surface area contributed by atoms with Crippen LogP contribution in [0.5, 0.6) is 0 Å². The Morgan fingerprint density at radius 3 is 2.09 bits per heavy atom. The minimum Gasteiger partial charge on any atom is -0.481 e. The van der Waals surface area contributed by atoms with Crippen LogP contribution in [0.25, 0.3) is 11.3 Å². The lowest BCUT2D eigenvalue weighted by Gasteiger charge is -2.22. The molecular weight excluding hydrogens is 547 g/mol. The van der Waals surface area contributed by atoms with Crippen LogP contribution in [0.4, 0.5) is 4.39 Å². The van der Waals surface area contributed by atoms with Gasteiger partial charge in [-0.25, -0.2) is 4.39 Å². The first-order chi connectivity index (χ1) is 20.5. The third kappa shape index (κ3) is 13.2. The van der Waals surface area contributed by atoms with Gasteiger partial charge >= 0.3 is 5.97 Å². The Morgan fingerprint density at radius 2 is 1.56 bits per heavy atom. The highest BCUT2D eigenvalue weighted by molar-refractivity contribution is 6.15. The zero-order valence-corrected chi connectivity index (χ0v) is 26.1. The van der Waals surface area contributed by atoms with Crippen LogP contribution in [0.1, 0.15) is 71.9 Å². The molecule has 0 unspecified atom stereocenters. The highest BCUT2D eigenvalue weighted by atomic mass is 19.1. The fraction of sp³-hybridized carbons (Fsp3) is 0.371. The highest BCUT2D eigenvalue weighted by Crippen LogP contribution is 2.32. The molecule has 0 saturated heterocycles. The fourth-order valence-corrected chi connectivity index (χ4v) is 4.27. The number of allylic oxidation sites excluding steroid dienone is 4. The van der Waals surface area contributed by atoms with Gasteiger partial charge in [-0.15, -0.1) is 0 Å². The molecule has 8 heteroatoms. The molecule has 0 bridgehead atoms. The van der Waals surface area contributed by atoms with Gasteiger partial charge in [-0.05, 0) is 74.1 Å². The van der Waals surface area contributed by atoms with Crippen molar-refractivity contribution in [3.63, 3.8) is 0 Å². The number of hydrogen-bond donors (Lipinski definition) is 5. The van der Waals surface area contributed by atoms with Crippen LogP contribution >= 0.6 is 0 Å². The molecule has 7 nitrogen and oxygen atoms in total. The first-order valence-corrected chi connectivity index (χ1v) is 14.8. The van der Waals surface area contributed by atoms with Gasteiger partial charge in [0.15, 0.2) is 0 Å². The lowest BCUT2D eigenvalue weighted by molar-refractivity contribution is -0.139. The maximum absolute atomic E-state index is 13.9. The predicted molar refractivity (Wildman–Crippen MR) is 172 cm³/mol. The second-order valence-corrected chi connectivity index (χ2v) is 10.0. The van der Waals surface area contributed by atoms with E-state index in [9.17, 15) is 24.2 Å². The minimum atomic E-state index is -1.17. The van der Waals surface area contributed by atoms with Crippen molar-refractivity contribution in [2.75, 3.05) is 6.54 Å². The summed E-state index contributed by atoms with van der Waals surface area (Å²) in [6, 6.07) is 15.3. The number of carbonyl (C=O) groups excluding carboxylic acids is 1. The smallest absolute Gasteiger partial charge is 0.305 e. The summed E-state index contributed by atoms with van der Waals surface area (Å²) in [5.41, 5.74) is 3.60. The van der Waals surface area contributed by atoms with Crippen molar-refractivity contribution >= 4 is 23.1 Å². The molecule has 0 aliphatic heterocycles. The number of nitrogens with one attached hydrogen (secondary N) is 2. The van der Waals surface area contributed by atoms with Gasteiger partial charge in [-0.1, -0.05) is 76.3 Å². The lowest BCUT2D eigenvalue weighted by Crippen LogP contribution is -2.27. The molecule has 0 fully saturated rings. The van der Waals surface area contributed by atoms with Gasteiger partial charge in [-0.2, -0.15) is 0 Å². The molecule has 0 spiro atoms. The minimum absolute atomic E-state index is 0.0113. The summed E-state index contributed by atoms with van der Waals surface area (Å²) in [7, 11) is 0. The zero-order valence-electron chi connectivity index (χ0n) is 26.1. The first-order valence-electron chi connectivity index (χ1n) is 14.8. The molecule has 5 N–H and O–H groups in total. The van der Waals surface area contributed by atoms with E-state index in [1.807, 2.05) is 84.0 Å². The second kappa shape index (κ2) is 20.0. The molecule has 0 aliphatic rings. The number of carbonyl (C=O) groups is 2. The van der Waals surface area contributed by atoms with E-state index in [4.69, 9.17) is 5.11 Å². The first kappa shape index (κ1) is 37.0. The number of benzene rings is 2. The Hall–Kier alpha value is -4.01. The average Bonchev–Trinajstić information content (AvgIpc) is 2.97. The lowest BCUT2D eigenvalue weighted by atomic mass is 9.90. The van der Waals surface area contributed by atoms with Crippen LogP contribution in [-0.4, -0.2) is 45.9 Å². The summed E-state index contributed by atoms with van der Waals surface area (Å²) in [6.45, 7) is 11.9.